The number of hydrogen-bond acceptors (Lipinski definition) is 4. The molecule has 5 nitrogen and oxygen atoms in total. The van der Waals surface area contributed by atoms with Crippen LogP contribution in [0.5, 0.6) is 0 Å². The van der Waals surface area contributed by atoms with E-state index < -0.39 is 0 Å². The molecule has 0 amide bonds. The average Bonchev–Trinajstić information content (AvgIpc) is 2.36. The van der Waals surface area contributed by atoms with Crippen LogP contribution >= 0.6 is 11.6 Å². The lowest BCUT2D eigenvalue weighted by atomic mass is 10.3. The largest absolute Gasteiger partial charge is 0.335 e. The molecule has 2 heterocycles. The number of hydrogen-bond donors (Lipinski definition) is 1. The third-order valence-corrected chi connectivity index (χ3v) is 2.74. The Balaban J connectivity index is 2.40. The quantitative estimate of drug-likeness (QED) is 0.865. The first kappa shape index (κ1) is 12.6. The minimum absolute atomic E-state index is 0.0888. The van der Waals surface area contributed by atoms with Gasteiger partial charge in [0.1, 0.15) is 11.5 Å². The van der Waals surface area contributed by atoms with Crippen LogP contribution in [-0.4, -0.2) is 14.5 Å². The van der Waals surface area contributed by atoms with Gasteiger partial charge in [-0.05, 0) is 37.6 Å². The molecule has 0 aromatic carbocycles. The van der Waals surface area contributed by atoms with Crippen molar-refractivity contribution < 1.29 is 0 Å². The van der Waals surface area contributed by atoms with Crippen LogP contribution in [0, 0.1) is 6.92 Å². The molecule has 18 heavy (non-hydrogen) atoms. The second-order valence-corrected chi connectivity index (χ2v) is 4.15. The van der Waals surface area contributed by atoms with Crippen molar-refractivity contribution in [2.24, 2.45) is 0 Å². The fourth-order valence-corrected chi connectivity index (χ4v) is 1.69. The van der Waals surface area contributed by atoms with Gasteiger partial charge in [-0.2, -0.15) is 0 Å². The second-order valence-electron chi connectivity index (χ2n) is 3.81. The van der Waals surface area contributed by atoms with Gasteiger partial charge in [-0.25, -0.2) is 9.97 Å². The molecule has 0 aliphatic rings. The van der Waals surface area contributed by atoms with Gasteiger partial charge in [-0.1, -0.05) is 0 Å². The number of aromatic nitrogens is 3. The molecule has 0 aliphatic carbocycles. The molecule has 0 unspecified atom stereocenters. The summed E-state index contributed by atoms with van der Waals surface area (Å²) >= 11 is 5.74. The van der Waals surface area contributed by atoms with Gasteiger partial charge in [0.25, 0.3) is 5.56 Å². The van der Waals surface area contributed by atoms with Gasteiger partial charge in [-0.3, -0.25) is 4.79 Å². The van der Waals surface area contributed by atoms with E-state index in [1.54, 1.807) is 23.0 Å². The number of pyridine rings is 1. The minimum Gasteiger partial charge on any atom is -0.335 e. The van der Waals surface area contributed by atoms with Crippen molar-refractivity contribution in [3.8, 4) is 0 Å². The van der Waals surface area contributed by atoms with Crippen molar-refractivity contribution in [1.82, 2.24) is 14.5 Å². The van der Waals surface area contributed by atoms with E-state index in [0.29, 0.717) is 18.1 Å². The van der Waals surface area contributed by atoms with Gasteiger partial charge < -0.3 is 9.88 Å². The van der Waals surface area contributed by atoms with Crippen LogP contribution in [0.15, 0.2) is 29.3 Å². The Morgan fingerprint density at radius 2 is 2.28 bits per heavy atom. The average molecular weight is 265 g/mol. The summed E-state index contributed by atoms with van der Waals surface area (Å²) in [7, 11) is 0. The lowest BCUT2D eigenvalue weighted by molar-refractivity contribution is 0.729. The molecule has 0 saturated carbocycles. The fourth-order valence-electron chi connectivity index (χ4n) is 1.56. The molecule has 0 aliphatic heterocycles. The summed E-state index contributed by atoms with van der Waals surface area (Å²) in [6, 6.07) is 3.52. The van der Waals surface area contributed by atoms with Crippen molar-refractivity contribution in [2.75, 3.05) is 5.32 Å². The monoisotopic (exact) mass is 264 g/mol. The van der Waals surface area contributed by atoms with Crippen LogP contribution in [0.1, 0.15) is 12.5 Å². The first-order valence-electron chi connectivity index (χ1n) is 5.57. The Kier molecular flexibility index (Phi) is 3.62. The molecule has 0 radical (unpaired) electrons. The zero-order valence-corrected chi connectivity index (χ0v) is 10.9. The number of rotatable bonds is 3. The molecule has 2 aromatic heterocycles. The summed E-state index contributed by atoms with van der Waals surface area (Å²) in [4.78, 5) is 20.0. The summed E-state index contributed by atoms with van der Waals surface area (Å²) in [5.41, 5.74) is 1.21. The number of halogens is 1. The van der Waals surface area contributed by atoms with Crippen LogP contribution in [0.3, 0.4) is 0 Å². The highest BCUT2D eigenvalue weighted by Gasteiger charge is 2.06. The highest BCUT2D eigenvalue weighted by Crippen LogP contribution is 2.16. The van der Waals surface area contributed by atoms with E-state index >= 15 is 0 Å². The molecule has 6 heteroatoms. The number of anilines is 2. The molecule has 2 rings (SSSR count). The van der Waals surface area contributed by atoms with Gasteiger partial charge in [0.05, 0.1) is 0 Å². The maximum atomic E-state index is 12.0. The first-order valence-corrected chi connectivity index (χ1v) is 5.95. The van der Waals surface area contributed by atoms with Crippen LogP contribution in [0.25, 0.3) is 0 Å². The van der Waals surface area contributed by atoms with Gasteiger partial charge in [0.2, 0.25) is 5.28 Å². The standard InChI is InChI=1S/C12H13ClN4O/c1-3-17-6-4-5-9(11(17)18)15-10-8(2)7-14-12(13)16-10/h4-7H,3H2,1-2H3,(H,14,15,16). The molecule has 0 saturated heterocycles. The molecule has 1 N–H and O–H groups in total. The van der Waals surface area contributed by atoms with Crippen LogP contribution in [0.2, 0.25) is 5.28 Å². The molecule has 0 bridgehead atoms. The van der Waals surface area contributed by atoms with Crippen molar-refractivity contribution in [1.29, 1.82) is 0 Å². The van der Waals surface area contributed by atoms with Crippen LogP contribution < -0.4 is 10.9 Å². The second kappa shape index (κ2) is 5.18. The molecule has 0 atom stereocenters. The smallest absolute Gasteiger partial charge is 0.274 e. The highest BCUT2D eigenvalue weighted by atomic mass is 35.5. The molecular formula is C12H13ClN4O. The van der Waals surface area contributed by atoms with Gasteiger partial charge >= 0.3 is 0 Å². The van der Waals surface area contributed by atoms with E-state index in [9.17, 15) is 4.79 Å². The summed E-state index contributed by atoms with van der Waals surface area (Å²) in [6.07, 6.45) is 3.35. The predicted molar refractivity (Wildman–Crippen MR) is 71.4 cm³/mol. The summed E-state index contributed by atoms with van der Waals surface area (Å²) in [6.45, 7) is 4.38. The van der Waals surface area contributed by atoms with Gasteiger partial charge in [-0.15, -0.1) is 0 Å². The molecule has 0 spiro atoms. The molecule has 94 valence electrons. The molecular weight excluding hydrogens is 252 g/mol. The Labute approximate surface area is 109 Å². The van der Waals surface area contributed by atoms with Gasteiger partial charge in [0.15, 0.2) is 0 Å². The third-order valence-electron chi connectivity index (χ3n) is 2.56. The summed E-state index contributed by atoms with van der Waals surface area (Å²) in [5.74, 6) is 0.543. The first-order chi connectivity index (χ1) is 8.61. The molecule has 0 fully saturated rings. The lowest BCUT2D eigenvalue weighted by Gasteiger charge is -2.09. The van der Waals surface area contributed by atoms with E-state index in [-0.39, 0.29) is 10.8 Å². The van der Waals surface area contributed by atoms with Crippen LogP contribution in [0.4, 0.5) is 11.5 Å². The fraction of sp³-hybridized carbons (Fsp3) is 0.250. The summed E-state index contributed by atoms with van der Waals surface area (Å²) in [5, 5.41) is 3.14. The maximum absolute atomic E-state index is 12.0. The predicted octanol–water partition coefficient (Wildman–Crippen LogP) is 2.36. The lowest BCUT2D eigenvalue weighted by Crippen LogP contribution is -2.21. The van der Waals surface area contributed by atoms with E-state index in [1.807, 2.05) is 19.9 Å². The van der Waals surface area contributed by atoms with E-state index in [2.05, 4.69) is 15.3 Å². The van der Waals surface area contributed by atoms with Crippen molar-refractivity contribution in [3.63, 3.8) is 0 Å². The normalized spacial score (nSPS) is 10.4. The third kappa shape index (κ3) is 2.51. The molecule has 2 aromatic rings. The number of nitrogens with zero attached hydrogens (tertiary/aromatic N) is 3. The Morgan fingerprint density at radius 3 is 3.00 bits per heavy atom. The van der Waals surface area contributed by atoms with E-state index in [0.717, 1.165) is 5.56 Å². The maximum Gasteiger partial charge on any atom is 0.274 e. The van der Waals surface area contributed by atoms with Crippen molar-refractivity contribution in [3.05, 3.63) is 45.7 Å². The Hall–Kier alpha value is -1.88. The van der Waals surface area contributed by atoms with E-state index in [4.69, 9.17) is 11.6 Å². The summed E-state index contributed by atoms with van der Waals surface area (Å²) < 4.78 is 1.61. The SMILES string of the molecule is CCn1cccc(Nc2nc(Cl)ncc2C)c1=O. The zero-order valence-electron chi connectivity index (χ0n) is 10.1. The number of nitrogens with one attached hydrogen (secondary N) is 1. The zero-order chi connectivity index (χ0) is 13.1. The van der Waals surface area contributed by atoms with Crippen molar-refractivity contribution in [2.45, 2.75) is 20.4 Å². The number of aryl methyl sites for hydroxylation is 2. The van der Waals surface area contributed by atoms with Crippen LogP contribution in [-0.2, 0) is 6.54 Å². The highest BCUT2D eigenvalue weighted by molar-refractivity contribution is 6.28. The Bertz CT molecular complexity index is 624. The van der Waals surface area contributed by atoms with Crippen molar-refractivity contribution >= 4 is 23.1 Å². The topological polar surface area (TPSA) is 59.8 Å². The van der Waals surface area contributed by atoms with Gasteiger partial charge in [0, 0.05) is 24.5 Å². The van der Waals surface area contributed by atoms with E-state index in [1.165, 1.54) is 0 Å². The Morgan fingerprint density at radius 1 is 1.50 bits per heavy atom. The minimum atomic E-state index is -0.0888.